The van der Waals surface area contributed by atoms with Gasteiger partial charge in [0.05, 0.1) is 12.7 Å². The summed E-state index contributed by atoms with van der Waals surface area (Å²) in [5, 5.41) is 12.9. The number of ether oxygens (including phenoxy) is 1. The Morgan fingerprint density at radius 3 is 2.65 bits per heavy atom. The van der Waals surface area contributed by atoms with Crippen LogP contribution in [-0.4, -0.2) is 49.3 Å². The molecule has 5 nitrogen and oxygen atoms in total. The largest absolute Gasteiger partial charge is 0.496 e. The SMILES string of the molecule is COc1cccc(F)c1C(C)(C(=O)O)N1CCNCC1. The minimum Gasteiger partial charge on any atom is -0.496 e. The number of carboxylic acid groups (broad SMARTS) is 1. The predicted octanol–water partition coefficient (Wildman–Crippen LogP) is 1.04. The number of benzene rings is 1. The molecule has 1 atom stereocenters. The molecule has 20 heavy (non-hydrogen) atoms. The van der Waals surface area contributed by atoms with Crippen LogP contribution in [0.3, 0.4) is 0 Å². The van der Waals surface area contributed by atoms with Crippen LogP contribution in [0.4, 0.5) is 4.39 Å². The number of halogens is 1. The summed E-state index contributed by atoms with van der Waals surface area (Å²) in [6, 6.07) is 4.36. The van der Waals surface area contributed by atoms with Gasteiger partial charge in [-0.25, -0.2) is 9.18 Å². The van der Waals surface area contributed by atoms with Crippen LogP contribution >= 0.6 is 0 Å². The van der Waals surface area contributed by atoms with Crippen molar-refractivity contribution in [3.05, 3.63) is 29.6 Å². The van der Waals surface area contributed by atoms with Gasteiger partial charge in [0.15, 0.2) is 0 Å². The molecule has 2 rings (SSSR count). The van der Waals surface area contributed by atoms with Crippen molar-refractivity contribution in [1.82, 2.24) is 10.2 Å². The van der Waals surface area contributed by atoms with Gasteiger partial charge in [-0.1, -0.05) is 6.07 Å². The number of carbonyl (C=O) groups is 1. The Kier molecular flexibility index (Phi) is 4.25. The van der Waals surface area contributed by atoms with Gasteiger partial charge in [-0.05, 0) is 19.1 Å². The van der Waals surface area contributed by atoms with E-state index in [4.69, 9.17) is 4.74 Å². The zero-order chi connectivity index (χ0) is 14.8. The van der Waals surface area contributed by atoms with Gasteiger partial charge in [0.2, 0.25) is 0 Å². The summed E-state index contributed by atoms with van der Waals surface area (Å²) in [6.45, 7) is 3.97. The summed E-state index contributed by atoms with van der Waals surface area (Å²) >= 11 is 0. The number of rotatable bonds is 4. The van der Waals surface area contributed by atoms with Crippen LogP contribution in [0.2, 0.25) is 0 Å². The lowest BCUT2D eigenvalue weighted by atomic mass is 9.88. The van der Waals surface area contributed by atoms with E-state index in [1.165, 1.54) is 26.2 Å². The number of nitrogens with one attached hydrogen (secondary N) is 1. The number of carboxylic acids is 1. The summed E-state index contributed by atoms with van der Waals surface area (Å²) in [5.74, 6) is -1.39. The first-order valence-electron chi connectivity index (χ1n) is 6.54. The van der Waals surface area contributed by atoms with Crippen molar-refractivity contribution in [1.29, 1.82) is 0 Å². The number of piperazine rings is 1. The van der Waals surface area contributed by atoms with Crippen molar-refractivity contribution < 1.29 is 19.0 Å². The molecule has 0 amide bonds. The maximum absolute atomic E-state index is 14.3. The zero-order valence-corrected chi connectivity index (χ0v) is 11.6. The molecule has 1 aromatic rings. The Labute approximate surface area is 117 Å². The first-order chi connectivity index (χ1) is 9.51. The molecular formula is C14H19FN2O3. The molecule has 1 heterocycles. The Bertz CT molecular complexity index is 503. The van der Waals surface area contributed by atoms with Crippen LogP contribution in [0.15, 0.2) is 18.2 Å². The summed E-state index contributed by atoms with van der Waals surface area (Å²) in [7, 11) is 1.41. The van der Waals surface area contributed by atoms with Crippen LogP contribution in [-0.2, 0) is 10.3 Å². The Balaban J connectivity index is 2.55. The number of hydrogen-bond donors (Lipinski definition) is 2. The highest BCUT2D eigenvalue weighted by Gasteiger charge is 2.45. The molecule has 2 N–H and O–H groups in total. The normalized spacial score (nSPS) is 19.4. The third-order valence-corrected chi connectivity index (χ3v) is 3.85. The molecule has 0 spiro atoms. The maximum Gasteiger partial charge on any atom is 0.328 e. The van der Waals surface area contributed by atoms with E-state index >= 15 is 0 Å². The van der Waals surface area contributed by atoms with E-state index < -0.39 is 17.3 Å². The van der Waals surface area contributed by atoms with Crippen LogP contribution in [0.5, 0.6) is 5.75 Å². The molecule has 6 heteroatoms. The molecule has 1 aliphatic rings. The molecule has 1 aromatic carbocycles. The van der Waals surface area contributed by atoms with Crippen molar-refractivity contribution in [3.63, 3.8) is 0 Å². The number of aliphatic carboxylic acids is 1. The molecular weight excluding hydrogens is 263 g/mol. The van der Waals surface area contributed by atoms with E-state index in [2.05, 4.69) is 5.32 Å². The van der Waals surface area contributed by atoms with Crippen molar-refractivity contribution in [2.75, 3.05) is 33.3 Å². The number of methoxy groups -OCH3 is 1. The molecule has 0 aromatic heterocycles. The number of hydrogen-bond acceptors (Lipinski definition) is 4. The molecule has 1 aliphatic heterocycles. The van der Waals surface area contributed by atoms with Gasteiger partial charge in [-0.3, -0.25) is 4.90 Å². The Morgan fingerprint density at radius 1 is 1.45 bits per heavy atom. The van der Waals surface area contributed by atoms with E-state index in [9.17, 15) is 14.3 Å². The molecule has 0 saturated carbocycles. The fraction of sp³-hybridized carbons (Fsp3) is 0.500. The monoisotopic (exact) mass is 282 g/mol. The van der Waals surface area contributed by atoms with Gasteiger partial charge < -0.3 is 15.2 Å². The molecule has 0 bridgehead atoms. The van der Waals surface area contributed by atoms with Gasteiger partial charge in [-0.2, -0.15) is 0 Å². The van der Waals surface area contributed by atoms with E-state index in [-0.39, 0.29) is 11.3 Å². The fourth-order valence-corrected chi connectivity index (χ4v) is 2.66. The highest BCUT2D eigenvalue weighted by molar-refractivity contribution is 5.81. The lowest BCUT2D eigenvalue weighted by Gasteiger charge is -2.41. The topological polar surface area (TPSA) is 61.8 Å². The van der Waals surface area contributed by atoms with E-state index in [1.807, 2.05) is 0 Å². The Morgan fingerprint density at radius 2 is 2.10 bits per heavy atom. The smallest absolute Gasteiger partial charge is 0.328 e. The highest BCUT2D eigenvalue weighted by Crippen LogP contribution is 2.37. The maximum atomic E-state index is 14.3. The van der Waals surface area contributed by atoms with Crippen molar-refractivity contribution in [3.8, 4) is 5.75 Å². The second kappa shape index (κ2) is 5.76. The van der Waals surface area contributed by atoms with Crippen LogP contribution < -0.4 is 10.1 Å². The molecule has 110 valence electrons. The third kappa shape index (κ3) is 2.36. The summed E-state index contributed by atoms with van der Waals surface area (Å²) in [4.78, 5) is 13.6. The standard InChI is InChI=1S/C14H19FN2O3/c1-14(13(18)19,17-8-6-16-7-9-17)12-10(15)4-3-5-11(12)20-2/h3-5,16H,6-9H2,1-2H3,(H,18,19). The molecule has 1 fully saturated rings. The minimum absolute atomic E-state index is 0.0805. The molecule has 0 aliphatic carbocycles. The van der Waals surface area contributed by atoms with Crippen LogP contribution in [0.25, 0.3) is 0 Å². The van der Waals surface area contributed by atoms with E-state index in [0.29, 0.717) is 26.2 Å². The summed E-state index contributed by atoms with van der Waals surface area (Å²) < 4.78 is 19.4. The second-order valence-electron chi connectivity index (χ2n) is 4.93. The first-order valence-corrected chi connectivity index (χ1v) is 6.54. The first kappa shape index (κ1) is 14.7. The zero-order valence-electron chi connectivity index (χ0n) is 11.6. The lowest BCUT2D eigenvalue weighted by Crippen LogP contribution is -2.57. The molecule has 0 radical (unpaired) electrons. The van der Waals surface area contributed by atoms with Gasteiger partial charge in [-0.15, -0.1) is 0 Å². The van der Waals surface area contributed by atoms with Gasteiger partial charge in [0.25, 0.3) is 0 Å². The van der Waals surface area contributed by atoms with Crippen molar-refractivity contribution >= 4 is 5.97 Å². The summed E-state index contributed by atoms with van der Waals surface area (Å²) in [5.41, 5.74) is -1.37. The average molecular weight is 282 g/mol. The predicted molar refractivity (Wildman–Crippen MR) is 72.4 cm³/mol. The average Bonchev–Trinajstić information content (AvgIpc) is 2.46. The molecule has 1 saturated heterocycles. The van der Waals surface area contributed by atoms with Crippen molar-refractivity contribution in [2.24, 2.45) is 0 Å². The number of nitrogens with zero attached hydrogens (tertiary/aromatic N) is 1. The van der Waals surface area contributed by atoms with Crippen LogP contribution in [0, 0.1) is 5.82 Å². The highest BCUT2D eigenvalue weighted by atomic mass is 19.1. The summed E-state index contributed by atoms with van der Waals surface area (Å²) in [6.07, 6.45) is 0. The lowest BCUT2D eigenvalue weighted by molar-refractivity contribution is -0.152. The fourth-order valence-electron chi connectivity index (χ4n) is 2.66. The quantitative estimate of drug-likeness (QED) is 0.864. The van der Waals surface area contributed by atoms with Gasteiger partial charge in [0.1, 0.15) is 17.1 Å². The second-order valence-corrected chi connectivity index (χ2v) is 4.93. The third-order valence-electron chi connectivity index (χ3n) is 3.85. The van der Waals surface area contributed by atoms with E-state index in [1.54, 1.807) is 11.0 Å². The van der Waals surface area contributed by atoms with E-state index in [0.717, 1.165) is 0 Å². The van der Waals surface area contributed by atoms with Crippen molar-refractivity contribution in [2.45, 2.75) is 12.5 Å². The molecule has 1 unspecified atom stereocenters. The van der Waals surface area contributed by atoms with Crippen LogP contribution in [0.1, 0.15) is 12.5 Å². The van der Waals surface area contributed by atoms with Gasteiger partial charge in [0, 0.05) is 26.2 Å². The van der Waals surface area contributed by atoms with Gasteiger partial charge >= 0.3 is 5.97 Å². The Hall–Kier alpha value is -1.66. The minimum atomic E-state index is -1.45.